The quantitative estimate of drug-likeness (QED) is 0.863. The molecular weight excluding hydrogens is 238 g/mol. The molecule has 1 aromatic carbocycles. The number of nitrogens with one attached hydrogen (secondary N) is 1. The van der Waals surface area contributed by atoms with E-state index in [1.165, 1.54) is 0 Å². The average molecular weight is 259 g/mol. The van der Waals surface area contributed by atoms with E-state index in [0.717, 1.165) is 30.8 Å². The van der Waals surface area contributed by atoms with E-state index in [4.69, 9.17) is 0 Å². The summed E-state index contributed by atoms with van der Waals surface area (Å²) < 4.78 is 0. The fourth-order valence-corrected chi connectivity index (χ4v) is 2.53. The Morgan fingerprint density at radius 3 is 2.95 bits per heavy atom. The highest BCUT2D eigenvalue weighted by atomic mass is 16.3. The maximum absolute atomic E-state index is 9.98. The minimum absolute atomic E-state index is 0.308. The van der Waals surface area contributed by atoms with E-state index in [1.54, 1.807) is 0 Å². The van der Waals surface area contributed by atoms with Crippen LogP contribution in [0.1, 0.15) is 24.5 Å². The van der Waals surface area contributed by atoms with E-state index in [1.807, 2.05) is 25.2 Å². The Labute approximate surface area is 114 Å². The van der Waals surface area contributed by atoms with Gasteiger partial charge < -0.3 is 15.3 Å². The molecule has 0 bridgehead atoms. The standard InChI is InChI=1S/C15H21N3O/c1-11-5-6-18(10-15(11)19)14-4-3-12(9-17-2)7-13(14)8-16/h3-4,7,11,15,17,19H,5-6,9-10H2,1-2H3. The molecule has 4 heteroatoms. The van der Waals surface area contributed by atoms with Gasteiger partial charge in [-0.1, -0.05) is 13.0 Å². The van der Waals surface area contributed by atoms with Gasteiger partial charge in [0.15, 0.2) is 0 Å². The van der Waals surface area contributed by atoms with E-state index in [-0.39, 0.29) is 6.10 Å². The predicted octanol–water partition coefficient (Wildman–Crippen LogP) is 1.48. The maximum atomic E-state index is 9.98. The molecule has 0 aromatic heterocycles. The molecule has 4 nitrogen and oxygen atoms in total. The summed E-state index contributed by atoms with van der Waals surface area (Å²) in [5.41, 5.74) is 2.73. The van der Waals surface area contributed by atoms with Gasteiger partial charge in [0.25, 0.3) is 0 Å². The van der Waals surface area contributed by atoms with E-state index >= 15 is 0 Å². The molecule has 2 atom stereocenters. The summed E-state index contributed by atoms with van der Waals surface area (Å²) in [6.07, 6.45) is 0.655. The third-order valence-corrected chi connectivity index (χ3v) is 3.82. The summed E-state index contributed by atoms with van der Waals surface area (Å²) >= 11 is 0. The molecule has 1 aliphatic heterocycles. The molecule has 2 unspecified atom stereocenters. The molecule has 102 valence electrons. The zero-order chi connectivity index (χ0) is 13.8. The second kappa shape index (κ2) is 6.05. The van der Waals surface area contributed by atoms with Crippen molar-refractivity contribution in [2.75, 3.05) is 25.0 Å². The Hall–Kier alpha value is -1.57. The summed E-state index contributed by atoms with van der Waals surface area (Å²) in [5, 5.41) is 22.4. The number of aliphatic hydroxyl groups is 1. The number of hydrogen-bond acceptors (Lipinski definition) is 4. The summed E-state index contributed by atoms with van der Waals surface area (Å²) in [7, 11) is 1.89. The van der Waals surface area contributed by atoms with Crippen LogP contribution in [0.15, 0.2) is 18.2 Å². The molecular formula is C15H21N3O. The number of hydrogen-bond donors (Lipinski definition) is 2. The number of β-amino-alcohol motifs (C(OH)–C–C–N with tert-alkyl or cyclic N) is 1. The highest BCUT2D eigenvalue weighted by molar-refractivity contribution is 5.60. The summed E-state index contributed by atoms with van der Waals surface area (Å²) in [4.78, 5) is 2.12. The van der Waals surface area contributed by atoms with Crippen LogP contribution in [-0.2, 0) is 6.54 Å². The lowest BCUT2D eigenvalue weighted by Crippen LogP contribution is -2.43. The highest BCUT2D eigenvalue weighted by Gasteiger charge is 2.25. The van der Waals surface area contributed by atoms with Crippen molar-refractivity contribution in [3.8, 4) is 6.07 Å². The smallest absolute Gasteiger partial charge is 0.101 e. The largest absolute Gasteiger partial charge is 0.391 e. The van der Waals surface area contributed by atoms with Gasteiger partial charge >= 0.3 is 0 Å². The molecule has 0 spiro atoms. The minimum atomic E-state index is -0.308. The number of nitriles is 1. The first-order valence-corrected chi connectivity index (χ1v) is 6.76. The molecule has 1 heterocycles. The summed E-state index contributed by atoms with van der Waals surface area (Å²) in [5.74, 6) is 0.338. The van der Waals surface area contributed by atoms with Gasteiger partial charge in [0.05, 0.1) is 17.4 Å². The number of nitrogens with zero attached hydrogens (tertiary/aromatic N) is 2. The van der Waals surface area contributed by atoms with Crippen LogP contribution < -0.4 is 10.2 Å². The van der Waals surface area contributed by atoms with Gasteiger partial charge in [0.2, 0.25) is 0 Å². The van der Waals surface area contributed by atoms with Crippen LogP contribution >= 0.6 is 0 Å². The van der Waals surface area contributed by atoms with Gasteiger partial charge in [-0.3, -0.25) is 0 Å². The zero-order valence-corrected chi connectivity index (χ0v) is 11.6. The first-order chi connectivity index (χ1) is 9.15. The fourth-order valence-electron chi connectivity index (χ4n) is 2.53. The lowest BCUT2D eigenvalue weighted by Gasteiger charge is -2.36. The van der Waals surface area contributed by atoms with Gasteiger partial charge in [0.1, 0.15) is 6.07 Å². The van der Waals surface area contributed by atoms with Crippen molar-refractivity contribution in [3.63, 3.8) is 0 Å². The summed E-state index contributed by atoms with van der Waals surface area (Å²) in [6.45, 7) is 4.34. The van der Waals surface area contributed by atoms with Crippen molar-refractivity contribution in [2.45, 2.75) is 26.0 Å². The molecule has 19 heavy (non-hydrogen) atoms. The van der Waals surface area contributed by atoms with Crippen molar-refractivity contribution in [1.82, 2.24) is 5.32 Å². The number of aliphatic hydroxyl groups excluding tert-OH is 1. The van der Waals surface area contributed by atoms with Crippen molar-refractivity contribution in [2.24, 2.45) is 5.92 Å². The third kappa shape index (κ3) is 3.06. The molecule has 0 radical (unpaired) electrons. The normalized spacial score (nSPS) is 23.2. The number of rotatable bonds is 3. The average Bonchev–Trinajstić information content (AvgIpc) is 2.42. The van der Waals surface area contributed by atoms with Crippen LogP contribution in [0.2, 0.25) is 0 Å². The van der Waals surface area contributed by atoms with Gasteiger partial charge in [-0.05, 0) is 37.1 Å². The second-order valence-corrected chi connectivity index (χ2v) is 5.27. The number of anilines is 1. The highest BCUT2D eigenvalue weighted by Crippen LogP contribution is 2.27. The SMILES string of the molecule is CNCc1ccc(N2CCC(C)C(O)C2)c(C#N)c1. The molecule has 0 amide bonds. The van der Waals surface area contributed by atoms with Gasteiger partial charge in [-0.15, -0.1) is 0 Å². The maximum Gasteiger partial charge on any atom is 0.101 e. The molecule has 2 N–H and O–H groups in total. The molecule has 0 aliphatic carbocycles. The first kappa shape index (κ1) is 13.9. The topological polar surface area (TPSA) is 59.3 Å². The van der Waals surface area contributed by atoms with Crippen molar-refractivity contribution in [3.05, 3.63) is 29.3 Å². The zero-order valence-electron chi connectivity index (χ0n) is 11.6. The van der Waals surface area contributed by atoms with Crippen LogP contribution in [0.4, 0.5) is 5.69 Å². The molecule has 0 saturated carbocycles. The molecule has 1 saturated heterocycles. The Kier molecular flexibility index (Phi) is 4.41. The van der Waals surface area contributed by atoms with Crippen molar-refractivity contribution < 1.29 is 5.11 Å². The molecule has 1 aliphatic rings. The molecule has 1 fully saturated rings. The first-order valence-electron chi connectivity index (χ1n) is 6.76. The van der Waals surface area contributed by atoms with E-state index in [0.29, 0.717) is 18.0 Å². The molecule has 2 rings (SSSR count). The van der Waals surface area contributed by atoms with Crippen molar-refractivity contribution >= 4 is 5.69 Å². The van der Waals surface area contributed by atoms with Gasteiger partial charge in [-0.25, -0.2) is 0 Å². The lowest BCUT2D eigenvalue weighted by molar-refractivity contribution is 0.103. The number of benzene rings is 1. The minimum Gasteiger partial charge on any atom is -0.391 e. The Morgan fingerprint density at radius 2 is 2.32 bits per heavy atom. The van der Waals surface area contributed by atoms with Crippen LogP contribution in [0.5, 0.6) is 0 Å². The van der Waals surface area contributed by atoms with Gasteiger partial charge in [0, 0.05) is 19.6 Å². The summed E-state index contributed by atoms with van der Waals surface area (Å²) in [6, 6.07) is 8.23. The molecule has 1 aromatic rings. The third-order valence-electron chi connectivity index (χ3n) is 3.82. The Bertz CT molecular complexity index is 481. The van der Waals surface area contributed by atoms with Crippen molar-refractivity contribution in [1.29, 1.82) is 5.26 Å². The Balaban J connectivity index is 2.22. The van der Waals surface area contributed by atoms with Crippen LogP contribution in [-0.4, -0.2) is 31.3 Å². The van der Waals surface area contributed by atoms with Crippen LogP contribution in [0.25, 0.3) is 0 Å². The van der Waals surface area contributed by atoms with E-state index < -0.39 is 0 Å². The monoisotopic (exact) mass is 259 g/mol. The second-order valence-electron chi connectivity index (χ2n) is 5.27. The van der Waals surface area contributed by atoms with Gasteiger partial charge in [-0.2, -0.15) is 5.26 Å². The van der Waals surface area contributed by atoms with Crippen LogP contribution in [0.3, 0.4) is 0 Å². The van der Waals surface area contributed by atoms with Crippen LogP contribution in [0, 0.1) is 17.2 Å². The van der Waals surface area contributed by atoms with E-state index in [2.05, 4.69) is 23.2 Å². The van der Waals surface area contributed by atoms with E-state index in [9.17, 15) is 10.4 Å². The fraction of sp³-hybridized carbons (Fsp3) is 0.533. The Morgan fingerprint density at radius 1 is 1.53 bits per heavy atom. The predicted molar refractivity (Wildman–Crippen MR) is 75.9 cm³/mol. The lowest BCUT2D eigenvalue weighted by atomic mass is 9.95. The number of piperidine rings is 1.